The summed E-state index contributed by atoms with van der Waals surface area (Å²) in [6, 6.07) is 11.9. The van der Waals surface area contributed by atoms with E-state index in [0.717, 1.165) is 29.0 Å². The fraction of sp³-hybridized carbons (Fsp3) is 0.238. The highest BCUT2D eigenvalue weighted by Gasteiger charge is 2.29. The second-order valence-electron chi connectivity index (χ2n) is 6.45. The van der Waals surface area contributed by atoms with Crippen molar-refractivity contribution in [1.29, 1.82) is 0 Å². The molecule has 1 amide bonds. The van der Waals surface area contributed by atoms with Gasteiger partial charge in [0.2, 0.25) is 0 Å². The van der Waals surface area contributed by atoms with Gasteiger partial charge in [-0.15, -0.1) is 0 Å². The van der Waals surface area contributed by atoms with Crippen molar-refractivity contribution >= 4 is 5.91 Å². The number of carbonyl (C=O) groups excluding carboxylic acids is 1. The first-order valence-electron chi connectivity index (χ1n) is 9.01. The Hall–Kier alpha value is -3.29. The maximum atomic E-state index is 12.6. The van der Waals surface area contributed by atoms with Crippen LogP contribution in [0.3, 0.4) is 0 Å². The van der Waals surface area contributed by atoms with E-state index >= 15 is 0 Å². The van der Waals surface area contributed by atoms with Crippen molar-refractivity contribution in [2.75, 3.05) is 6.61 Å². The summed E-state index contributed by atoms with van der Waals surface area (Å²) in [7, 11) is 0. The van der Waals surface area contributed by atoms with E-state index in [1.165, 1.54) is 12.1 Å². The van der Waals surface area contributed by atoms with Crippen LogP contribution < -0.4 is 10.1 Å². The molecule has 2 aromatic carbocycles. The van der Waals surface area contributed by atoms with Crippen LogP contribution in [0.5, 0.6) is 5.75 Å². The van der Waals surface area contributed by atoms with E-state index in [-0.39, 0.29) is 12.2 Å². The number of rotatable bonds is 6. The Morgan fingerprint density at radius 2 is 1.86 bits per heavy atom. The Kier molecular flexibility index (Phi) is 5.91. The quantitative estimate of drug-likeness (QED) is 0.625. The van der Waals surface area contributed by atoms with Crippen LogP contribution in [0, 0.1) is 6.92 Å². The van der Waals surface area contributed by atoms with Crippen LogP contribution >= 0.6 is 0 Å². The lowest BCUT2D eigenvalue weighted by molar-refractivity contribution is -0.137. The number of aryl methyl sites for hydroxylation is 1. The van der Waals surface area contributed by atoms with Crippen molar-refractivity contribution in [2.24, 2.45) is 0 Å². The van der Waals surface area contributed by atoms with Gasteiger partial charge in [0.1, 0.15) is 11.4 Å². The molecule has 1 aromatic heterocycles. The molecule has 3 aromatic rings. The normalized spacial score (nSPS) is 11.3. The first-order chi connectivity index (χ1) is 13.8. The molecule has 0 aliphatic rings. The summed E-state index contributed by atoms with van der Waals surface area (Å²) in [5, 5.41) is 9.55. The van der Waals surface area contributed by atoms with E-state index in [9.17, 15) is 18.0 Å². The molecule has 0 unspecified atom stereocenters. The number of alkyl halides is 3. The maximum absolute atomic E-state index is 12.6. The Bertz CT molecular complexity index is 995. The van der Waals surface area contributed by atoms with E-state index in [0.29, 0.717) is 17.9 Å². The summed E-state index contributed by atoms with van der Waals surface area (Å²) in [4.78, 5) is 12.3. The molecule has 5 nitrogen and oxygen atoms in total. The molecular formula is C21H20F3N3O2. The average Bonchev–Trinajstić information content (AvgIpc) is 3.16. The third-order valence-electron chi connectivity index (χ3n) is 4.34. The van der Waals surface area contributed by atoms with Crippen LogP contribution in [0.1, 0.15) is 34.1 Å². The monoisotopic (exact) mass is 403 g/mol. The second kappa shape index (κ2) is 8.38. The molecule has 0 radical (unpaired) electrons. The zero-order chi connectivity index (χ0) is 21.0. The standard InChI is InChI=1S/C21H20F3N3O2/c1-3-29-16-8-9-17(13(2)10-16)18-11-19(27-26-18)20(28)25-12-14-4-6-15(7-5-14)21(22,23)24/h4-11H,3,12H2,1-2H3,(H,25,28)(H,26,27). The van der Waals surface area contributed by atoms with Crippen LogP contribution in [0.4, 0.5) is 13.2 Å². The molecule has 29 heavy (non-hydrogen) atoms. The van der Waals surface area contributed by atoms with E-state index in [2.05, 4.69) is 15.5 Å². The van der Waals surface area contributed by atoms with Gasteiger partial charge in [0.05, 0.1) is 17.9 Å². The summed E-state index contributed by atoms with van der Waals surface area (Å²) in [5.74, 6) is 0.367. The lowest BCUT2D eigenvalue weighted by atomic mass is 10.1. The molecule has 0 spiro atoms. The van der Waals surface area contributed by atoms with Crippen LogP contribution in [0.15, 0.2) is 48.5 Å². The van der Waals surface area contributed by atoms with Crippen molar-refractivity contribution in [3.05, 3.63) is 70.9 Å². The van der Waals surface area contributed by atoms with Crippen molar-refractivity contribution < 1.29 is 22.7 Å². The van der Waals surface area contributed by atoms with E-state index in [1.807, 2.05) is 32.0 Å². The SMILES string of the molecule is CCOc1ccc(-c2cc(C(=O)NCc3ccc(C(F)(F)F)cc3)[nH]n2)c(C)c1. The largest absolute Gasteiger partial charge is 0.494 e. The third kappa shape index (κ3) is 4.96. The first-order valence-corrected chi connectivity index (χ1v) is 9.01. The number of aromatic amines is 1. The van der Waals surface area contributed by atoms with Crippen LogP contribution in [0.25, 0.3) is 11.3 Å². The number of amides is 1. The predicted octanol–water partition coefficient (Wildman–Crippen LogP) is 4.73. The zero-order valence-corrected chi connectivity index (χ0v) is 15.9. The molecule has 0 aliphatic carbocycles. The number of carbonyl (C=O) groups is 1. The molecule has 0 saturated carbocycles. The molecule has 152 valence electrons. The van der Waals surface area contributed by atoms with Gasteiger partial charge in [-0.3, -0.25) is 9.89 Å². The van der Waals surface area contributed by atoms with Crippen molar-refractivity contribution in [3.63, 3.8) is 0 Å². The number of aromatic nitrogens is 2. The van der Waals surface area contributed by atoms with Crippen LogP contribution in [0.2, 0.25) is 0 Å². The first kappa shape index (κ1) is 20.4. The van der Waals surface area contributed by atoms with Gasteiger partial charge < -0.3 is 10.1 Å². The van der Waals surface area contributed by atoms with Crippen molar-refractivity contribution in [2.45, 2.75) is 26.6 Å². The summed E-state index contributed by atoms with van der Waals surface area (Å²) in [5.41, 5.74) is 2.54. The zero-order valence-electron chi connectivity index (χ0n) is 15.9. The summed E-state index contributed by atoms with van der Waals surface area (Å²) >= 11 is 0. The van der Waals surface area contributed by atoms with Gasteiger partial charge in [-0.1, -0.05) is 12.1 Å². The van der Waals surface area contributed by atoms with Crippen molar-refractivity contribution in [1.82, 2.24) is 15.5 Å². The molecule has 0 aliphatic heterocycles. The molecule has 2 N–H and O–H groups in total. The number of halogens is 3. The Morgan fingerprint density at radius 1 is 1.14 bits per heavy atom. The number of nitrogens with zero attached hydrogens (tertiary/aromatic N) is 1. The minimum absolute atomic E-state index is 0.105. The lowest BCUT2D eigenvalue weighted by Gasteiger charge is -2.08. The number of hydrogen-bond donors (Lipinski definition) is 2. The predicted molar refractivity (Wildman–Crippen MR) is 103 cm³/mol. The molecule has 0 fully saturated rings. The van der Waals surface area contributed by atoms with Crippen LogP contribution in [-0.4, -0.2) is 22.7 Å². The summed E-state index contributed by atoms with van der Waals surface area (Å²) in [6.07, 6.45) is -4.38. The average molecular weight is 403 g/mol. The van der Waals surface area contributed by atoms with E-state index in [4.69, 9.17) is 4.74 Å². The summed E-state index contributed by atoms with van der Waals surface area (Å²) < 4.78 is 43.3. The molecule has 0 saturated heterocycles. The van der Waals surface area contributed by atoms with Crippen molar-refractivity contribution in [3.8, 4) is 17.0 Å². The van der Waals surface area contributed by atoms with Gasteiger partial charge in [-0.25, -0.2) is 0 Å². The molecule has 1 heterocycles. The van der Waals surface area contributed by atoms with Gasteiger partial charge in [0, 0.05) is 12.1 Å². The molecule has 0 bridgehead atoms. The van der Waals surface area contributed by atoms with Gasteiger partial charge >= 0.3 is 6.18 Å². The second-order valence-corrected chi connectivity index (χ2v) is 6.45. The minimum Gasteiger partial charge on any atom is -0.494 e. The number of benzene rings is 2. The Balaban J connectivity index is 1.65. The highest BCUT2D eigenvalue weighted by molar-refractivity contribution is 5.93. The number of ether oxygens (including phenoxy) is 1. The van der Waals surface area contributed by atoms with Gasteiger partial charge in [-0.2, -0.15) is 18.3 Å². The minimum atomic E-state index is -4.38. The fourth-order valence-corrected chi connectivity index (χ4v) is 2.85. The van der Waals surface area contributed by atoms with Gasteiger partial charge in [-0.05, 0) is 61.4 Å². The molecular weight excluding hydrogens is 383 g/mol. The summed E-state index contributed by atoms with van der Waals surface area (Å²) in [6.45, 7) is 4.52. The lowest BCUT2D eigenvalue weighted by Crippen LogP contribution is -2.23. The maximum Gasteiger partial charge on any atom is 0.416 e. The molecule has 0 atom stereocenters. The number of hydrogen-bond acceptors (Lipinski definition) is 3. The Labute approximate surface area is 165 Å². The highest BCUT2D eigenvalue weighted by atomic mass is 19.4. The van der Waals surface area contributed by atoms with E-state index < -0.39 is 17.6 Å². The highest BCUT2D eigenvalue weighted by Crippen LogP contribution is 2.29. The number of H-pyrrole nitrogens is 1. The third-order valence-corrected chi connectivity index (χ3v) is 4.34. The molecule has 3 rings (SSSR count). The molecule has 8 heteroatoms. The van der Waals surface area contributed by atoms with Gasteiger partial charge in [0.15, 0.2) is 0 Å². The topological polar surface area (TPSA) is 67.0 Å². The number of nitrogens with one attached hydrogen (secondary N) is 2. The van der Waals surface area contributed by atoms with Crippen LogP contribution in [-0.2, 0) is 12.7 Å². The van der Waals surface area contributed by atoms with Gasteiger partial charge in [0.25, 0.3) is 5.91 Å². The fourth-order valence-electron chi connectivity index (χ4n) is 2.85. The smallest absolute Gasteiger partial charge is 0.416 e. The van der Waals surface area contributed by atoms with E-state index in [1.54, 1.807) is 6.07 Å². The Morgan fingerprint density at radius 3 is 2.48 bits per heavy atom.